The van der Waals surface area contributed by atoms with Gasteiger partial charge in [-0.15, -0.1) is 0 Å². The number of aromatic nitrogens is 3. The summed E-state index contributed by atoms with van der Waals surface area (Å²) in [7, 11) is 1.64. The number of hydrogen-bond acceptors (Lipinski definition) is 7. The molecule has 1 N–H and O–H groups in total. The molecule has 0 aliphatic rings. The van der Waals surface area contributed by atoms with Gasteiger partial charge in [-0.2, -0.15) is 4.98 Å². The third-order valence-electron chi connectivity index (χ3n) is 3.52. The predicted molar refractivity (Wildman–Crippen MR) is 93.8 cm³/mol. The highest BCUT2D eigenvalue weighted by Gasteiger charge is 2.13. The molecule has 0 spiro atoms. The summed E-state index contributed by atoms with van der Waals surface area (Å²) >= 11 is 0. The van der Waals surface area contributed by atoms with Gasteiger partial charge in [0.15, 0.2) is 5.82 Å². The third kappa shape index (κ3) is 4.26. The van der Waals surface area contributed by atoms with Crippen molar-refractivity contribution in [1.29, 1.82) is 0 Å². The van der Waals surface area contributed by atoms with Crippen LogP contribution in [0.3, 0.4) is 0 Å². The van der Waals surface area contributed by atoms with Crippen LogP contribution in [0.15, 0.2) is 47.1 Å². The standard InChI is InChI=1S/C18H20N4O3/c1-12(24-15-8-6-14(23-3)7-9-15)11-20-17-16(5-4-10-19-17)18-21-13(2)22-25-18/h4-10,12H,11H2,1-3H3,(H,19,20). The first-order chi connectivity index (χ1) is 12.2. The van der Waals surface area contributed by atoms with Crippen molar-refractivity contribution in [2.75, 3.05) is 19.0 Å². The minimum atomic E-state index is -0.0623. The Hall–Kier alpha value is -3.09. The van der Waals surface area contributed by atoms with Crippen LogP contribution in [0.2, 0.25) is 0 Å². The molecule has 130 valence electrons. The molecule has 0 amide bonds. The van der Waals surface area contributed by atoms with Gasteiger partial charge in [-0.25, -0.2) is 4.98 Å². The second-order valence-electron chi connectivity index (χ2n) is 5.53. The number of benzene rings is 1. The molecular formula is C18H20N4O3. The highest BCUT2D eigenvalue weighted by atomic mass is 16.5. The van der Waals surface area contributed by atoms with Crippen molar-refractivity contribution in [2.24, 2.45) is 0 Å². The Bertz CT molecular complexity index is 817. The van der Waals surface area contributed by atoms with Crippen LogP contribution >= 0.6 is 0 Å². The minimum absolute atomic E-state index is 0.0623. The third-order valence-corrected chi connectivity index (χ3v) is 3.52. The summed E-state index contributed by atoms with van der Waals surface area (Å²) in [5, 5.41) is 7.10. The molecule has 0 bridgehead atoms. The number of nitrogens with one attached hydrogen (secondary N) is 1. The largest absolute Gasteiger partial charge is 0.497 e. The molecule has 0 radical (unpaired) electrons. The average molecular weight is 340 g/mol. The molecule has 1 atom stereocenters. The number of pyridine rings is 1. The lowest BCUT2D eigenvalue weighted by atomic mass is 10.2. The van der Waals surface area contributed by atoms with Crippen LogP contribution in [-0.4, -0.2) is 34.9 Å². The Morgan fingerprint density at radius 3 is 2.60 bits per heavy atom. The Kier molecular flexibility index (Phi) is 5.13. The van der Waals surface area contributed by atoms with Crippen molar-refractivity contribution < 1.29 is 14.0 Å². The summed E-state index contributed by atoms with van der Waals surface area (Å²) in [4.78, 5) is 8.61. The molecule has 2 heterocycles. The van der Waals surface area contributed by atoms with Gasteiger partial charge in [-0.05, 0) is 50.2 Å². The lowest BCUT2D eigenvalue weighted by Gasteiger charge is -2.16. The van der Waals surface area contributed by atoms with Gasteiger partial charge in [-0.3, -0.25) is 0 Å². The fourth-order valence-electron chi connectivity index (χ4n) is 2.29. The zero-order valence-electron chi connectivity index (χ0n) is 14.4. The van der Waals surface area contributed by atoms with E-state index in [-0.39, 0.29) is 6.10 Å². The van der Waals surface area contributed by atoms with Crippen LogP contribution in [0.4, 0.5) is 5.82 Å². The maximum Gasteiger partial charge on any atom is 0.261 e. The van der Waals surface area contributed by atoms with Crippen LogP contribution in [0.5, 0.6) is 11.5 Å². The first-order valence-electron chi connectivity index (χ1n) is 7.96. The summed E-state index contributed by atoms with van der Waals surface area (Å²) in [5.74, 6) is 3.28. The van der Waals surface area contributed by atoms with Gasteiger partial charge >= 0.3 is 0 Å². The van der Waals surface area contributed by atoms with Gasteiger partial charge in [0.25, 0.3) is 5.89 Å². The van der Waals surface area contributed by atoms with E-state index in [1.807, 2.05) is 43.3 Å². The van der Waals surface area contributed by atoms with Crippen molar-refractivity contribution in [3.8, 4) is 23.0 Å². The van der Waals surface area contributed by atoms with Crippen molar-refractivity contribution >= 4 is 5.82 Å². The molecule has 3 rings (SSSR count). The predicted octanol–water partition coefficient (Wildman–Crippen LogP) is 3.33. The summed E-state index contributed by atoms with van der Waals surface area (Å²) < 4.78 is 16.3. The molecule has 0 saturated carbocycles. The zero-order valence-corrected chi connectivity index (χ0v) is 14.4. The van der Waals surface area contributed by atoms with E-state index in [0.29, 0.717) is 24.1 Å². The Morgan fingerprint density at radius 2 is 1.92 bits per heavy atom. The van der Waals surface area contributed by atoms with Gasteiger partial charge in [0.1, 0.15) is 23.4 Å². The number of nitrogens with zero attached hydrogens (tertiary/aromatic N) is 3. The van der Waals surface area contributed by atoms with E-state index >= 15 is 0 Å². The van der Waals surface area contributed by atoms with E-state index in [0.717, 1.165) is 17.1 Å². The molecule has 0 fully saturated rings. The molecule has 0 aliphatic heterocycles. The zero-order chi connectivity index (χ0) is 17.6. The number of rotatable bonds is 7. The fourth-order valence-corrected chi connectivity index (χ4v) is 2.29. The Labute approximate surface area is 146 Å². The molecule has 0 saturated heterocycles. The van der Waals surface area contributed by atoms with Crippen LogP contribution in [-0.2, 0) is 0 Å². The smallest absolute Gasteiger partial charge is 0.261 e. The fraction of sp³-hybridized carbons (Fsp3) is 0.278. The lowest BCUT2D eigenvalue weighted by Crippen LogP contribution is -2.23. The van der Waals surface area contributed by atoms with Gasteiger partial charge in [0.05, 0.1) is 19.2 Å². The van der Waals surface area contributed by atoms with Crippen molar-refractivity contribution in [3.05, 3.63) is 48.4 Å². The van der Waals surface area contributed by atoms with E-state index in [2.05, 4.69) is 20.4 Å². The highest BCUT2D eigenvalue weighted by molar-refractivity contribution is 5.68. The van der Waals surface area contributed by atoms with E-state index in [1.165, 1.54) is 0 Å². The van der Waals surface area contributed by atoms with Crippen LogP contribution < -0.4 is 14.8 Å². The second kappa shape index (κ2) is 7.65. The quantitative estimate of drug-likeness (QED) is 0.706. The monoisotopic (exact) mass is 340 g/mol. The molecular weight excluding hydrogens is 320 g/mol. The first kappa shape index (κ1) is 16.8. The molecule has 25 heavy (non-hydrogen) atoms. The van der Waals surface area contributed by atoms with Crippen molar-refractivity contribution in [3.63, 3.8) is 0 Å². The van der Waals surface area contributed by atoms with Crippen LogP contribution in [0.25, 0.3) is 11.5 Å². The number of aryl methyl sites for hydroxylation is 1. The molecule has 2 aromatic heterocycles. The normalized spacial score (nSPS) is 11.8. The first-order valence-corrected chi connectivity index (χ1v) is 7.96. The molecule has 1 unspecified atom stereocenters. The molecule has 3 aromatic rings. The summed E-state index contributed by atoms with van der Waals surface area (Å²) in [6.45, 7) is 4.33. The second-order valence-corrected chi connectivity index (χ2v) is 5.53. The maximum absolute atomic E-state index is 5.89. The van der Waals surface area contributed by atoms with Crippen LogP contribution in [0.1, 0.15) is 12.7 Å². The SMILES string of the molecule is COc1ccc(OC(C)CNc2ncccc2-c2nc(C)no2)cc1. The Balaban J connectivity index is 1.63. The summed E-state index contributed by atoms with van der Waals surface area (Å²) in [5.41, 5.74) is 0.764. The topological polar surface area (TPSA) is 82.3 Å². The number of anilines is 1. The van der Waals surface area contributed by atoms with Crippen LogP contribution in [0, 0.1) is 6.92 Å². The van der Waals surface area contributed by atoms with Crippen molar-refractivity contribution in [1.82, 2.24) is 15.1 Å². The minimum Gasteiger partial charge on any atom is -0.497 e. The number of methoxy groups -OCH3 is 1. The van der Waals surface area contributed by atoms with E-state index in [9.17, 15) is 0 Å². The molecule has 0 aliphatic carbocycles. The highest BCUT2D eigenvalue weighted by Crippen LogP contribution is 2.24. The summed E-state index contributed by atoms with van der Waals surface area (Å²) in [6.07, 6.45) is 1.65. The summed E-state index contributed by atoms with van der Waals surface area (Å²) in [6, 6.07) is 11.2. The van der Waals surface area contributed by atoms with E-state index in [1.54, 1.807) is 20.2 Å². The van der Waals surface area contributed by atoms with E-state index < -0.39 is 0 Å². The van der Waals surface area contributed by atoms with Gasteiger partial charge in [-0.1, -0.05) is 5.16 Å². The van der Waals surface area contributed by atoms with Crippen molar-refractivity contribution in [2.45, 2.75) is 20.0 Å². The van der Waals surface area contributed by atoms with E-state index in [4.69, 9.17) is 14.0 Å². The number of ether oxygens (including phenoxy) is 2. The van der Waals surface area contributed by atoms with Gasteiger partial charge in [0.2, 0.25) is 0 Å². The molecule has 1 aromatic carbocycles. The maximum atomic E-state index is 5.89. The lowest BCUT2D eigenvalue weighted by molar-refractivity contribution is 0.234. The average Bonchev–Trinajstić information content (AvgIpc) is 3.07. The van der Waals surface area contributed by atoms with Gasteiger partial charge < -0.3 is 19.3 Å². The molecule has 7 nitrogen and oxygen atoms in total. The van der Waals surface area contributed by atoms with Gasteiger partial charge in [0, 0.05) is 6.20 Å². The number of hydrogen-bond donors (Lipinski definition) is 1. The molecule has 7 heteroatoms. The Morgan fingerprint density at radius 1 is 1.16 bits per heavy atom.